The molecule has 6 rings (SSSR count). The van der Waals surface area contributed by atoms with E-state index >= 15 is 0 Å². The van der Waals surface area contributed by atoms with Crippen LogP contribution in [0.25, 0.3) is 4.85 Å². The van der Waals surface area contributed by atoms with E-state index in [1.165, 1.54) is 12.8 Å². The van der Waals surface area contributed by atoms with E-state index in [9.17, 15) is 9.59 Å². The minimum atomic E-state index is -0.628. The van der Waals surface area contributed by atoms with Gasteiger partial charge in [-0.25, -0.2) is 16.2 Å². The second kappa shape index (κ2) is 13.3. The van der Waals surface area contributed by atoms with E-state index in [1.54, 1.807) is 9.80 Å². The van der Waals surface area contributed by atoms with Crippen molar-refractivity contribution in [3.63, 3.8) is 0 Å². The molecule has 1 atom stereocenters. The molecule has 0 radical (unpaired) electrons. The molecule has 2 aromatic rings. The van der Waals surface area contributed by atoms with Crippen molar-refractivity contribution in [1.29, 1.82) is 0 Å². The topological polar surface area (TPSA) is 105 Å². The van der Waals surface area contributed by atoms with Crippen molar-refractivity contribution in [2.24, 2.45) is 0 Å². The van der Waals surface area contributed by atoms with Crippen molar-refractivity contribution in [2.45, 2.75) is 83.2 Å². The quantitative estimate of drug-likeness (QED) is 0.408. The molecular weight excluding hydrogens is 586 g/mol. The zero-order valence-electron chi connectivity index (χ0n) is 27.2. The maximum absolute atomic E-state index is 13.1. The fraction of sp³-hybridized carbons (Fsp3) is 0.618. The first-order valence-corrected chi connectivity index (χ1v) is 16.5. The number of benzene rings is 1. The highest BCUT2D eigenvalue weighted by Gasteiger charge is 2.45. The molecular formula is C34H45N7O5. The van der Waals surface area contributed by atoms with E-state index in [1.807, 2.05) is 51.1 Å². The first-order chi connectivity index (χ1) is 22.1. The van der Waals surface area contributed by atoms with Crippen LogP contribution in [0, 0.1) is 6.57 Å². The second-order valence-corrected chi connectivity index (χ2v) is 13.8. The fourth-order valence-corrected chi connectivity index (χ4v) is 7.21. The molecule has 0 bridgehead atoms. The Labute approximate surface area is 271 Å². The number of anilines is 1. The van der Waals surface area contributed by atoms with Gasteiger partial charge >= 0.3 is 18.2 Å². The van der Waals surface area contributed by atoms with Crippen molar-refractivity contribution in [1.82, 2.24) is 24.7 Å². The standard InChI is InChI=1S/C34H45N7O5/c1-33(2,3)46-32(43)41-19-18-38(21-26(41)20-35-4)29-27-12-17-39(31(42)44-23-25-10-6-5-7-11-25)22-28(27)36-30(37-29)45-24-34-13-8-15-40(34)16-9-14-34/h5-7,10-11,26H,8-9,12-24H2,1-3H3/t26-/m0/s1. The molecule has 4 aliphatic rings. The number of carbonyl (C=O) groups excluding carboxylic acids is 2. The number of aromatic nitrogens is 2. The van der Waals surface area contributed by atoms with Crippen LogP contribution in [0.1, 0.15) is 63.3 Å². The molecule has 4 aliphatic heterocycles. The van der Waals surface area contributed by atoms with Crippen molar-refractivity contribution >= 4 is 18.0 Å². The summed E-state index contributed by atoms with van der Waals surface area (Å²) in [6, 6.07) is 9.59. The number of amides is 2. The maximum atomic E-state index is 13.1. The molecule has 246 valence electrons. The maximum Gasteiger partial charge on any atom is 0.410 e. The Bertz CT molecular complexity index is 1450. The Balaban J connectivity index is 1.23. The lowest BCUT2D eigenvalue weighted by atomic mass is 9.95. The summed E-state index contributed by atoms with van der Waals surface area (Å²) in [4.78, 5) is 47.7. The van der Waals surface area contributed by atoms with Gasteiger partial charge in [0, 0.05) is 31.7 Å². The molecule has 12 nitrogen and oxygen atoms in total. The van der Waals surface area contributed by atoms with Crippen LogP contribution in [-0.2, 0) is 29.0 Å². The number of rotatable bonds is 7. The third-order valence-electron chi connectivity index (χ3n) is 9.48. The minimum absolute atomic E-state index is 0.0342. The van der Waals surface area contributed by atoms with Gasteiger partial charge in [-0.15, -0.1) is 0 Å². The van der Waals surface area contributed by atoms with Gasteiger partial charge in [-0.2, -0.15) is 9.97 Å². The normalized spacial score (nSPS) is 20.9. The average Bonchev–Trinajstić information content (AvgIpc) is 3.62. The van der Waals surface area contributed by atoms with Gasteiger partial charge < -0.3 is 28.9 Å². The number of fused-ring (bicyclic) bond motifs is 2. The first kappa shape index (κ1) is 31.9. The van der Waals surface area contributed by atoms with Gasteiger partial charge in [0.05, 0.1) is 17.8 Å². The summed E-state index contributed by atoms with van der Waals surface area (Å²) in [5, 5.41) is 0. The number of piperazine rings is 1. The molecule has 2 amide bonds. The Morgan fingerprint density at radius 2 is 1.78 bits per heavy atom. The van der Waals surface area contributed by atoms with Crippen molar-refractivity contribution < 1.29 is 23.8 Å². The highest BCUT2D eigenvalue weighted by molar-refractivity contribution is 5.70. The lowest BCUT2D eigenvalue weighted by Crippen LogP contribution is -2.57. The smallest absolute Gasteiger partial charge is 0.410 e. The van der Waals surface area contributed by atoms with Crippen LogP contribution in [0.2, 0.25) is 0 Å². The molecule has 3 saturated heterocycles. The largest absolute Gasteiger partial charge is 0.461 e. The molecule has 0 spiro atoms. The Morgan fingerprint density at radius 3 is 2.50 bits per heavy atom. The fourth-order valence-electron chi connectivity index (χ4n) is 7.21. The number of carbonyl (C=O) groups is 2. The molecule has 0 saturated carbocycles. The number of hydrogen-bond acceptors (Lipinski definition) is 9. The molecule has 12 heteroatoms. The average molecular weight is 632 g/mol. The summed E-state index contributed by atoms with van der Waals surface area (Å²) in [6.07, 6.45) is 4.33. The zero-order valence-corrected chi connectivity index (χ0v) is 27.2. The molecule has 1 aromatic heterocycles. The van der Waals surface area contributed by atoms with E-state index in [-0.39, 0.29) is 37.4 Å². The van der Waals surface area contributed by atoms with Gasteiger partial charge in [0.15, 0.2) is 0 Å². The summed E-state index contributed by atoms with van der Waals surface area (Å²) < 4.78 is 17.7. The summed E-state index contributed by atoms with van der Waals surface area (Å²) in [6.45, 7) is 18.3. The van der Waals surface area contributed by atoms with E-state index in [0.29, 0.717) is 45.2 Å². The van der Waals surface area contributed by atoms with Crippen LogP contribution in [0.3, 0.4) is 0 Å². The van der Waals surface area contributed by atoms with Crippen LogP contribution < -0.4 is 9.64 Å². The highest BCUT2D eigenvalue weighted by atomic mass is 16.6. The van der Waals surface area contributed by atoms with Crippen LogP contribution in [0.5, 0.6) is 6.01 Å². The third kappa shape index (κ3) is 6.99. The summed E-state index contributed by atoms with van der Waals surface area (Å²) >= 11 is 0. The SMILES string of the molecule is [C-]#[N+]C[C@H]1CN(c2nc(OCC34CCCN3CCC4)nc3c2CCN(C(=O)OCc2ccccc2)C3)CCN1C(=O)OC(C)(C)C. The van der Waals surface area contributed by atoms with Gasteiger partial charge in [-0.3, -0.25) is 9.80 Å². The lowest BCUT2D eigenvalue weighted by Gasteiger charge is -2.41. The minimum Gasteiger partial charge on any atom is -0.461 e. The second-order valence-electron chi connectivity index (χ2n) is 13.8. The van der Waals surface area contributed by atoms with E-state index in [0.717, 1.165) is 48.6 Å². The van der Waals surface area contributed by atoms with Gasteiger partial charge in [0.2, 0.25) is 6.54 Å². The highest BCUT2D eigenvalue weighted by Crippen LogP contribution is 2.39. The molecule has 0 N–H and O–H groups in total. The molecule has 0 aliphatic carbocycles. The molecule has 46 heavy (non-hydrogen) atoms. The monoisotopic (exact) mass is 631 g/mol. The Kier molecular flexibility index (Phi) is 9.22. The van der Waals surface area contributed by atoms with Crippen LogP contribution in [0.4, 0.5) is 15.4 Å². The number of nitrogens with zero attached hydrogens (tertiary/aromatic N) is 7. The lowest BCUT2D eigenvalue weighted by molar-refractivity contribution is 0.0155. The van der Waals surface area contributed by atoms with Crippen molar-refractivity contribution in [3.05, 3.63) is 58.6 Å². The Hall–Kier alpha value is -4.11. The van der Waals surface area contributed by atoms with Gasteiger partial charge in [0.25, 0.3) is 0 Å². The zero-order chi connectivity index (χ0) is 32.3. The van der Waals surface area contributed by atoms with Crippen LogP contribution in [-0.4, -0.2) is 106 Å². The van der Waals surface area contributed by atoms with Gasteiger partial charge in [-0.05, 0) is 71.5 Å². The predicted molar refractivity (Wildman–Crippen MR) is 171 cm³/mol. The number of hydrogen-bond donors (Lipinski definition) is 0. The first-order valence-electron chi connectivity index (χ1n) is 16.5. The summed E-state index contributed by atoms with van der Waals surface area (Å²) in [5.41, 5.74) is 2.04. The van der Waals surface area contributed by atoms with E-state index < -0.39 is 11.7 Å². The van der Waals surface area contributed by atoms with Gasteiger partial charge in [-0.1, -0.05) is 30.3 Å². The molecule has 0 unspecified atom stereocenters. The predicted octanol–water partition coefficient (Wildman–Crippen LogP) is 4.52. The molecule has 1 aromatic carbocycles. The summed E-state index contributed by atoms with van der Waals surface area (Å²) in [7, 11) is 0. The summed E-state index contributed by atoms with van der Waals surface area (Å²) in [5.74, 6) is 0.753. The van der Waals surface area contributed by atoms with Gasteiger partial charge in [0.1, 0.15) is 30.7 Å². The third-order valence-corrected chi connectivity index (χ3v) is 9.48. The Morgan fingerprint density at radius 1 is 1.02 bits per heavy atom. The van der Waals surface area contributed by atoms with E-state index in [4.69, 9.17) is 30.8 Å². The van der Waals surface area contributed by atoms with Crippen molar-refractivity contribution in [3.8, 4) is 6.01 Å². The van der Waals surface area contributed by atoms with Crippen molar-refractivity contribution in [2.75, 3.05) is 57.3 Å². The molecule has 3 fully saturated rings. The molecule has 5 heterocycles. The van der Waals surface area contributed by atoms with Crippen LogP contribution >= 0.6 is 0 Å². The van der Waals surface area contributed by atoms with E-state index in [2.05, 4.69) is 14.6 Å². The number of ether oxygens (including phenoxy) is 3. The van der Waals surface area contributed by atoms with Crippen LogP contribution in [0.15, 0.2) is 30.3 Å².